The van der Waals surface area contributed by atoms with Gasteiger partial charge in [-0.3, -0.25) is 0 Å². The molecule has 7 heteroatoms. The third-order valence-corrected chi connectivity index (χ3v) is 4.63. The van der Waals surface area contributed by atoms with Crippen molar-refractivity contribution in [2.45, 2.75) is 25.4 Å². The first-order valence-electron chi connectivity index (χ1n) is 8.83. The molecule has 0 spiro atoms. The van der Waals surface area contributed by atoms with Gasteiger partial charge in [-0.05, 0) is 48.7 Å². The molecule has 6 nitrogen and oxygen atoms in total. The van der Waals surface area contributed by atoms with Crippen LogP contribution in [0, 0.1) is 5.82 Å². The molecule has 1 saturated heterocycles. The van der Waals surface area contributed by atoms with E-state index in [1.807, 2.05) is 18.3 Å². The Kier molecular flexibility index (Phi) is 4.88. The molecular weight excluding hydrogens is 331 g/mol. The first kappa shape index (κ1) is 16.7. The molecule has 0 bridgehead atoms. The van der Waals surface area contributed by atoms with Gasteiger partial charge in [-0.2, -0.15) is 5.10 Å². The van der Waals surface area contributed by atoms with Gasteiger partial charge in [-0.25, -0.2) is 19.0 Å². The molecule has 1 aliphatic heterocycles. The van der Waals surface area contributed by atoms with Crippen LogP contribution >= 0.6 is 0 Å². The second-order valence-electron chi connectivity index (χ2n) is 6.44. The smallest absolute Gasteiger partial charge is 0.225 e. The largest absolute Gasteiger partial charge is 0.339 e. The van der Waals surface area contributed by atoms with Crippen molar-refractivity contribution in [3.8, 4) is 5.69 Å². The summed E-state index contributed by atoms with van der Waals surface area (Å²) in [7, 11) is 0. The van der Waals surface area contributed by atoms with Crippen LogP contribution in [-0.4, -0.2) is 38.9 Å². The van der Waals surface area contributed by atoms with Crippen molar-refractivity contribution in [1.82, 2.24) is 25.1 Å². The molecule has 0 radical (unpaired) electrons. The number of hydrogen-bond acceptors (Lipinski definition) is 5. The van der Waals surface area contributed by atoms with E-state index >= 15 is 0 Å². The maximum absolute atomic E-state index is 13.8. The maximum Gasteiger partial charge on any atom is 0.225 e. The van der Waals surface area contributed by atoms with Gasteiger partial charge in [0.1, 0.15) is 5.82 Å². The van der Waals surface area contributed by atoms with Crippen molar-refractivity contribution < 1.29 is 4.39 Å². The first-order chi connectivity index (χ1) is 12.8. The van der Waals surface area contributed by atoms with Crippen molar-refractivity contribution in [2.75, 3.05) is 18.0 Å². The molecule has 2 aromatic heterocycles. The lowest BCUT2D eigenvalue weighted by Crippen LogP contribution is -2.46. The van der Waals surface area contributed by atoms with E-state index in [4.69, 9.17) is 0 Å². The Balaban J connectivity index is 1.45. The Morgan fingerprint density at radius 1 is 1.15 bits per heavy atom. The van der Waals surface area contributed by atoms with Gasteiger partial charge >= 0.3 is 0 Å². The topological polar surface area (TPSA) is 58.9 Å². The highest BCUT2D eigenvalue weighted by atomic mass is 19.1. The van der Waals surface area contributed by atoms with E-state index < -0.39 is 0 Å². The van der Waals surface area contributed by atoms with E-state index in [0.29, 0.717) is 12.6 Å². The number of hydrogen-bond donors (Lipinski definition) is 1. The molecule has 1 aliphatic rings. The average molecular weight is 352 g/mol. The van der Waals surface area contributed by atoms with Crippen molar-refractivity contribution in [2.24, 2.45) is 0 Å². The van der Waals surface area contributed by atoms with Gasteiger partial charge in [-0.15, -0.1) is 0 Å². The molecule has 4 rings (SSSR count). The zero-order chi connectivity index (χ0) is 17.8. The Bertz CT molecular complexity index is 837. The summed E-state index contributed by atoms with van der Waals surface area (Å²) in [5.41, 5.74) is 1.78. The number of aromatic nitrogens is 4. The normalized spacial score (nSPS) is 17.4. The lowest BCUT2D eigenvalue weighted by molar-refractivity contribution is 0.417. The molecular formula is C19H21FN6. The third kappa shape index (κ3) is 3.72. The monoisotopic (exact) mass is 352 g/mol. The summed E-state index contributed by atoms with van der Waals surface area (Å²) in [4.78, 5) is 10.9. The lowest BCUT2D eigenvalue weighted by atomic mass is 10.1. The van der Waals surface area contributed by atoms with Crippen LogP contribution in [0.2, 0.25) is 0 Å². The number of halogens is 1. The number of piperidine rings is 1. The van der Waals surface area contributed by atoms with Crippen LogP contribution in [0.25, 0.3) is 5.69 Å². The molecule has 134 valence electrons. The summed E-state index contributed by atoms with van der Waals surface area (Å²) in [6.07, 6.45) is 9.27. The van der Waals surface area contributed by atoms with Gasteiger partial charge in [0.25, 0.3) is 0 Å². The molecule has 0 amide bonds. The standard InChI is InChI=1S/C19H21FN6/c20-16-5-6-18(26-11-3-9-24-26)15(12-16)13-23-17-4-1-10-25(14-17)19-21-7-2-8-22-19/h2-3,5-9,11-12,17,23H,1,4,10,13-14H2/t17-/m0/s1. The minimum Gasteiger partial charge on any atom is -0.339 e. The molecule has 0 saturated carbocycles. The molecule has 3 heterocycles. The Morgan fingerprint density at radius 2 is 2.04 bits per heavy atom. The lowest BCUT2D eigenvalue weighted by Gasteiger charge is -2.33. The van der Waals surface area contributed by atoms with Crippen LogP contribution in [0.15, 0.2) is 55.1 Å². The van der Waals surface area contributed by atoms with Gasteiger partial charge in [0.2, 0.25) is 5.95 Å². The first-order valence-corrected chi connectivity index (χ1v) is 8.83. The van der Waals surface area contributed by atoms with E-state index in [0.717, 1.165) is 43.1 Å². The van der Waals surface area contributed by atoms with Crippen molar-refractivity contribution >= 4 is 5.95 Å². The summed E-state index contributed by atoms with van der Waals surface area (Å²) in [6.45, 7) is 2.39. The second kappa shape index (κ2) is 7.61. The molecule has 1 aromatic carbocycles. The van der Waals surface area contributed by atoms with Crippen LogP contribution < -0.4 is 10.2 Å². The Labute approximate surface area is 151 Å². The fourth-order valence-corrected chi connectivity index (χ4v) is 3.36. The highest BCUT2D eigenvalue weighted by Gasteiger charge is 2.21. The predicted molar refractivity (Wildman–Crippen MR) is 97.6 cm³/mol. The van der Waals surface area contributed by atoms with Crippen LogP contribution in [0.4, 0.5) is 10.3 Å². The fourth-order valence-electron chi connectivity index (χ4n) is 3.36. The van der Waals surface area contributed by atoms with Crippen LogP contribution in [0.3, 0.4) is 0 Å². The molecule has 1 atom stereocenters. The molecule has 0 aliphatic carbocycles. The molecule has 1 fully saturated rings. The Morgan fingerprint density at radius 3 is 2.85 bits per heavy atom. The fraction of sp³-hybridized carbons (Fsp3) is 0.316. The van der Waals surface area contributed by atoms with E-state index in [9.17, 15) is 4.39 Å². The van der Waals surface area contributed by atoms with Gasteiger partial charge < -0.3 is 10.2 Å². The van der Waals surface area contributed by atoms with Crippen molar-refractivity contribution in [3.05, 3.63) is 66.5 Å². The van der Waals surface area contributed by atoms with Gasteiger partial charge in [0.05, 0.1) is 5.69 Å². The van der Waals surface area contributed by atoms with Crippen LogP contribution in [0.5, 0.6) is 0 Å². The van der Waals surface area contributed by atoms with Crippen LogP contribution in [-0.2, 0) is 6.54 Å². The SMILES string of the molecule is Fc1ccc(-n2cccn2)c(CN[C@H]2CCCN(c3ncccn3)C2)c1. The molecule has 3 aromatic rings. The van der Waals surface area contributed by atoms with E-state index in [1.54, 1.807) is 35.4 Å². The summed E-state index contributed by atoms with van der Waals surface area (Å²) >= 11 is 0. The number of nitrogens with zero attached hydrogens (tertiary/aromatic N) is 5. The molecule has 0 unspecified atom stereocenters. The molecule has 26 heavy (non-hydrogen) atoms. The van der Waals surface area contributed by atoms with Crippen molar-refractivity contribution in [3.63, 3.8) is 0 Å². The van der Waals surface area contributed by atoms with Gasteiger partial charge in [-0.1, -0.05) is 0 Å². The third-order valence-electron chi connectivity index (χ3n) is 4.63. The van der Waals surface area contributed by atoms with E-state index in [2.05, 4.69) is 25.3 Å². The summed E-state index contributed by atoms with van der Waals surface area (Å²) < 4.78 is 15.5. The number of anilines is 1. The highest BCUT2D eigenvalue weighted by molar-refractivity contribution is 5.40. The minimum absolute atomic E-state index is 0.235. The zero-order valence-electron chi connectivity index (χ0n) is 14.4. The number of rotatable bonds is 5. The minimum atomic E-state index is -0.235. The molecule has 1 N–H and O–H groups in total. The van der Waals surface area contributed by atoms with Gasteiger partial charge in [0, 0.05) is 50.5 Å². The Hall–Kier alpha value is -2.80. The average Bonchev–Trinajstić information content (AvgIpc) is 3.22. The van der Waals surface area contributed by atoms with E-state index in [1.165, 1.54) is 6.07 Å². The predicted octanol–water partition coefficient (Wildman–Crippen LogP) is 2.56. The quantitative estimate of drug-likeness (QED) is 0.765. The number of nitrogens with one attached hydrogen (secondary N) is 1. The van der Waals surface area contributed by atoms with Crippen molar-refractivity contribution in [1.29, 1.82) is 0 Å². The maximum atomic E-state index is 13.8. The summed E-state index contributed by atoms with van der Waals surface area (Å²) in [5, 5.41) is 7.83. The highest BCUT2D eigenvalue weighted by Crippen LogP contribution is 2.18. The summed E-state index contributed by atoms with van der Waals surface area (Å²) in [5.74, 6) is 0.530. The van der Waals surface area contributed by atoms with E-state index in [-0.39, 0.29) is 5.82 Å². The summed E-state index contributed by atoms with van der Waals surface area (Å²) in [6, 6.07) is 8.80. The van der Waals surface area contributed by atoms with Gasteiger partial charge in [0.15, 0.2) is 0 Å². The number of benzene rings is 1. The zero-order valence-corrected chi connectivity index (χ0v) is 14.4. The van der Waals surface area contributed by atoms with Crippen LogP contribution in [0.1, 0.15) is 18.4 Å². The second-order valence-corrected chi connectivity index (χ2v) is 6.44.